The van der Waals surface area contributed by atoms with E-state index >= 15 is 0 Å². The lowest BCUT2D eigenvalue weighted by Crippen LogP contribution is -2.04. The summed E-state index contributed by atoms with van der Waals surface area (Å²) in [5.74, 6) is -1.52. The minimum absolute atomic E-state index is 0.383. The SMILES string of the molecule is O=C(O)/C=C\C(=O)Oc1ccc2ccccc2c1. The monoisotopic (exact) mass is 242 g/mol. The normalized spacial score (nSPS) is 10.7. The molecule has 0 saturated heterocycles. The molecule has 0 spiro atoms. The maximum Gasteiger partial charge on any atom is 0.336 e. The Labute approximate surface area is 103 Å². The van der Waals surface area contributed by atoms with Crippen LogP contribution in [0, 0.1) is 0 Å². The number of carbonyl (C=O) groups excluding carboxylic acids is 1. The number of hydrogen-bond acceptors (Lipinski definition) is 3. The largest absolute Gasteiger partial charge is 0.478 e. The summed E-state index contributed by atoms with van der Waals surface area (Å²) in [6, 6.07) is 12.9. The number of benzene rings is 2. The van der Waals surface area contributed by atoms with Crippen LogP contribution in [0.3, 0.4) is 0 Å². The van der Waals surface area contributed by atoms with Crippen LogP contribution in [0.15, 0.2) is 54.6 Å². The summed E-state index contributed by atoms with van der Waals surface area (Å²) in [5, 5.41) is 10.4. The van der Waals surface area contributed by atoms with Crippen molar-refractivity contribution >= 4 is 22.7 Å². The predicted molar refractivity (Wildman–Crippen MR) is 66.4 cm³/mol. The summed E-state index contributed by atoms with van der Waals surface area (Å²) in [6.45, 7) is 0. The van der Waals surface area contributed by atoms with Gasteiger partial charge in [-0.05, 0) is 22.9 Å². The number of carbonyl (C=O) groups is 2. The van der Waals surface area contributed by atoms with Gasteiger partial charge in [-0.15, -0.1) is 0 Å². The second-order valence-electron chi connectivity index (χ2n) is 3.60. The van der Waals surface area contributed by atoms with Crippen LogP contribution in [0.4, 0.5) is 0 Å². The van der Waals surface area contributed by atoms with Crippen molar-refractivity contribution < 1.29 is 19.4 Å². The van der Waals surface area contributed by atoms with Gasteiger partial charge in [-0.25, -0.2) is 9.59 Å². The van der Waals surface area contributed by atoms with Crippen LogP contribution >= 0.6 is 0 Å². The molecule has 0 aliphatic heterocycles. The lowest BCUT2D eigenvalue weighted by atomic mass is 10.1. The molecule has 2 rings (SSSR count). The molecule has 0 bridgehead atoms. The van der Waals surface area contributed by atoms with Gasteiger partial charge >= 0.3 is 11.9 Å². The first kappa shape index (κ1) is 11.9. The molecule has 0 fully saturated rings. The molecule has 0 radical (unpaired) electrons. The molecule has 0 unspecified atom stereocenters. The Morgan fingerprint density at radius 3 is 2.44 bits per heavy atom. The molecule has 18 heavy (non-hydrogen) atoms. The van der Waals surface area contributed by atoms with Crippen molar-refractivity contribution in [2.75, 3.05) is 0 Å². The van der Waals surface area contributed by atoms with E-state index in [1.54, 1.807) is 12.1 Å². The summed E-state index contributed by atoms with van der Waals surface area (Å²) >= 11 is 0. The molecule has 0 aromatic heterocycles. The fourth-order valence-electron chi connectivity index (χ4n) is 1.52. The summed E-state index contributed by atoms with van der Waals surface area (Å²) in [5.41, 5.74) is 0. The van der Waals surface area contributed by atoms with Gasteiger partial charge in [0.05, 0.1) is 0 Å². The van der Waals surface area contributed by atoms with Gasteiger partial charge in [-0.1, -0.05) is 30.3 Å². The van der Waals surface area contributed by atoms with Gasteiger partial charge in [0, 0.05) is 12.2 Å². The van der Waals surface area contributed by atoms with E-state index in [0.29, 0.717) is 5.75 Å². The average Bonchev–Trinajstić information content (AvgIpc) is 2.36. The summed E-state index contributed by atoms with van der Waals surface area (Å²) in [7, 11) is 0. The third-order valence-corrected chi connectivity index (χ3v) is 2.30. The maximum atomic E-state index is 11.3. The van der Waals surface area contributed by atoms with Crippen LogP contribution in [-0.2, 0) is 9.59 Å². The standard InChI is InChI=1S/C14H10O4/c15-13(16)7-8-14(17)18-12-6-5-10-3-1-2-4-11(10)9-12/h1-9H,(H,15,16)/b8-7-. The van der Waals surface area contributed by atoms with Crippen LogP contribution in [0.25, 0.3) is 10.8 Å². The third kappa shape index (κ3) is 2.95. The quantitative estimate of drug-likeness (QED) is 0.510. The summed E-state index contributed by atoms with van der Waals surface area (Å²) in [6.07, 6.45) is 1.61. The van der Waals surface area contributed by atoms with Crippen molar-refractivity contribution in [3.63, 3.8) is 0 Å². The number of ether oxygens (including phenoxy) is 1. The lowest BCUT2D eigenvalue weighted by molar-refractivity contribution is -0.133. The zero-order valence-electron chi connectivity index (χ0n) is 9.37. The molecular formula is C14H10O4. The molecule has 0 atom stereocenters. The van der Waals surface area contributed by atoms with E-state index in [1.807, 2.05) is 30.3 Å². The second kappa shape index (κ2) is 5.14. The van der Waals surface area contributed by atoms with Crippen LogP contribution in [-0.4, -0.2) is 17.0 Å². The molecule has 2 aromatic carbocycles. The highest BCUT2D eigenvalue weighted by Crippen LogP contribution is 2.20. The Morgan fingerprint density at radius 2 is 1.72 bits per heavy atom. The Kier molecular flexibility index (Phi) is 3.38. The number of carboxylic acids is 1. The highest BCUT2D eigenvalue weighted by Gasteiger charge is 2.02. The van der Waals surface area contributed by atoms with Gasteiger partial charge in [0.25, 0.3) is 0 Å². The maximum absolute atomic E-state index is 11.3. The summed E-state index contributed by atoms with van der Waals surface area (Å²) in [4.78, 5) is 21.5. The molecule has 0 saturated carbocycles. The molecule has 90 valence electrons. The average molecular weight is 242 g/mol. The smallest absolute Gasteiger partial charge is 0.336 e. The van der Waals surface area contributed by atoms with Gasteiger partial charge < -0.3 is 9.84 Å². The van der Waals surface area contributed by atoms with E-state index in [4.69, 9.17) is 9.84 Å². The van der Waals surface area contributed by atoms with Crippen LogP contribution in [0.2, 0.25) is 0 Å². The van der Waals surface area contributed by atoms with E-state index in [2.05, 4.69) is 0 Å². The Morgan fingerprint density at radius 1 is 1.00 bits per heavy atom. The molecule has 0 aliphatic rings. The molecule has 0 amide bonds. The molecule has 0 heterocycles. The van der Waals surface area contributed by atoms with Crippen molar-refractivity contribution in [1.82, 2.24) is 0 Å². The van der Waals surface area contributed by atoms with Crippen LogP contribution < -0.4 is 4.74 Å². The summed E-state index contributed by atoms with van der Waals surface area (Å²) < 4.78 is 4.98. The number of hydrogen-bond donors (Lipinski definition) is 1. The Bertz CT molecular complexity index is 628. The van der Waals surface area contributed by atoms with Crippen molar-refractivity contribution in [1.29, 1.82) is 0 Å². The number of aliphatic carboxylic acids is 1. The minimum atomic E-state index is -1.19. The van der Waals surface area contributed by atoms with E-state index in [-0.39, 0.29) is 0 Å². The van der Waals surface area contributed by atoms with Gasteiger partial charge in [0.1, 0.15) is 5.75 Å². The van der Waals surface area contributed by atoms with Gasteiger partial charge in [0.15, 0.2) is 0 Å². The van der Waals surface area contributed by atoms with E-state index in [1.165, 1.54) is 0 Å². The van der Waals surface area contributed by atoms with Gasteiger partial charge in [-0.2, -0.15) is 0 Å². The zero-order chi connectivity index (χ0) is 13.0. The molecule has 4 nitrogen and oxygen atoms in total. The predicted octanol–water partition coefficient (Wildman–Crippen LogP) is 2.39. The number of rotatable bonds is 3. The first-order valence-corrected chi connectivity index (χ1v) is 5.27. The molecular weight excluding hydrogens is 232 g/mol. The Hall–Kier alpha value is -2.62. The fraction of sp³-hybridized carbons (Fsp3) is 0. The highest BCUT2D eigenvalue weighted by molar-refractivity contribution is 5.92. The van der Waals surface area contributed by atoms with Crippen molar-refractivity contribution in [3.05, 3.63) is 54.6 Å². The van der Waals surface area contributed by atoms with Gasteiger partial charge in [0.2, 0.25) is 0 Å². The topological polar surface area (TPSA) is 63.6 Å². The fourth-order valence-corrected chi connectivity index (χ4v) is 1.52. The number of esters is 1. The van der Waals surface area contributed by atoms with Crippen LogP contribution in [0.5, 0.6) is 5.75 Å². The van der Waals surface area contributed by atoms with Crippen molar-refractivity contribution in [2.24, 2.45) is 0 Å². The van der Waals surface area contributed by atoms with Crippen molar-refractivity contribution in [3.8, 4) is 5.75 Å². The zero-order valence-corrected chi connectivity index (χ0v) is 9.37. The van der Waals surface area contributed by atoms with E-state index in [9.17, 15) is 9.59 Å². The molecule has 2 aromatic rings. The first-order valence-electron chi connectivity index (χ1n) is 5.27. The molecule has 4 heteroatoms. The van der Waals surface area contributed by atoms with E-state index < -0.39 is 11.9 Å². The lowest BCUT2D eigenvalue weighted by Gasteiger charge is -2.03. The second-order valence-corrected chi connectivity index (χ2v) is 3.60. The van der Waals surface area contributed by atoms with Crippen LogP contribution in [0.1, 0.15) is 0 Å². The third-order valence-electron chi connectivity index (χ3n) is 2.30. The number of carboxylic acid groups (broad SMARTS) is 1. The van der Waals surface area contributed by atoms with E-state index in [0.717, 1.165) is 22.9 Å². The minimum Gasteiger partial charge on any atom is -0.478 e. The van der Waals surface area contributed by atoms with Crippen molar-refractivity contribution in [2.45, 2.75) is 0 Å². The number of fused-ring (bicyclic) bond motifs is 1. The highest BCUT2D eigenvalue weighted by atomic mass is 16.5. The first-order chi connectivity index (χ1) is 8.65. The molecule has 1 N–H and O–H groups in total. The Balaban J connectivity index is 2.17. The molecule has 0 aliphatic carbocycles. The van der Waals surface area contributed by atoms with Gasteiger partial charge in [-0.3, -0.25) is 0 Å².